The molecule has 2 amide bonds. The van der Waals surface area contributed by atoms with Gasteiger partial charge in [0.15, 0.2) is 0 Å². The van der Waals surface area contributed by atoms with Crippen molar-refractivity contribution in [2.45, 2.75) is 13.3 Å². The summed E-state index contributed by atoms with van der Waals surface area (Å²) in [5.74, 6) is -1.23. The maximum Gasteiger partial charge on any atom is 0.292 e. The molecule has 0 saturated carbocycles. The molecule has 1 aromatic heterocycles. The first kappa shape index (κ1) is 16.8. The molecule has 0 aliphatic rings. The van der Waals surface area contributed by atoms with Crippen LogP contribution >= 0.6 is 0 Å². The van der Waals surface area contributed by atoms with E-state index in [0.717, 1.165) is 6.26 Å². The lowest BCUT2D eigenvalue weighted by Crippen LogP contribution is -2.30. The van der Waals surface area contributed by atoms with Crippen LogP contribution in [0.25, 0.3) is 0 Å². The predicted octanol–water partition coefficient (Wildman–Crippen LogP) is -1.71. The van der Waals surface area contributed by atoms with Crippen molar-refractivity contribution in [3.63, 3.8) is 0 Å². The molecule has 0 spiro atoms. The molecule has 1 aromatic rings. The van der Waals surface area contributed by atoms with Gasteiger partial charge in [-0.05, 0) is 22.8 Å². The van der Waals surface area contributed by atoms with Crippen molar-refractivity contribution < 1.29 is 18.0 Å². The Labute approximate surface area is 121 Å². The molecule has 0 unspecified atom stereocenters. The maximum atomic E-state index is 11.6. The predicted molar refractivity (Wildman–Crippen MR) is 72.8 cm³/mol. The highest BCUT2D eigenvalue weighted by Gasteiger charge is 2.16. The lowest BCUT2D eigenvalue weighted by molar-refractivity contribution is -0.117. The van der Waals surface area contributed by atoms with E-state index in [9.17, 15) is 18.0 Å². The van der Waals surface area contributed by atoms with Crippen LogP contribution in [-0.4, -0.2) is 59.2 Å². The zero-order chi connectivity index (χ0) is 16.0. The van der Waals surface area contributed by atoms with Gasteiger partial charge in [-0.1, -0.05) is 6.58 Å². The zero-order valence-electron chi connectivity index (χ0n) is 11.7. The van der Waals surface area contributed by atoms with Crippen LogP contribution in [0.1, 0.15) is 24.0 Å². The number of amides is 2. The molecule has 1 rings (SSSR count). The Morgan fingerprint density at radius 3 is 2.43 bits per heavy atom. The van der Waals surface area contributed by atoms with Crippen molar-refractivity contribution in [3.05, 3.63) is 18.0 Å². The molecule has 0 bridgehead atoms. The number of tetrazole rings is 1. The molecule has 0 aliphatic heterocycles. The Hall–Kier alpha value is -2.30. The van der Waals surface area contributed by atoms with E-state index in [2.05, 4.69) is 32.6 Å². The van der Waals surface area contributed by atoms with Gasteiger partial charge in [0.1, 0.15) is 0 Å². The second kappa shape index (κ2) is 6.92. The highest BCUT2D eigenvalue weighted by atomic mass is 32.2. The third-order valence-electron chi connectivity index (χ3n) is 2.21. The van der Waals surface area contributed by atoms with Crippen molar-refractivity contribution in [2.75, 3.05) is 19.3 Å². The Morgan fingerprint density at radius 2 is 1.90 bits per heavy atom. The summed E-state index contributed by atoms with van der Waals surface area (Å²) in [6.07, 6.45) is 1.38. The first-order valence-electron chi connectivity index (χ1n) is 5.94. The van der Waals surface area contributed by atoms with E-state index in [1.165, 1.54) is 0 Å². The minimum absolute atomic E-state index is 0.251. The van der Waals surface area contributed by atoms with E-state index in [4.69, 9.17) is 0 Å². The van der Waals surface area contributed by atoms with Crippen LogP contribution in [0.2, 0.25) is 0 Å². The summed E-state index contributed by atoms with van der Waals surface area (Å²) >= 11 is 0. The zero-order valence-corrected chi connectivity index (χ0v) is 12.5. The van der Waals surface area contributed by atoms with Gasteiger partial charge in [0.2, 0.25) is 5.91 Å². The standard InChI is InChI=1S/C10H16N6O4S/c1-7(2)9(17)11-5-4-6-12-10(18)8-13-15-16(14-8)21(3,19)20/h1,4-6H2,2-3H3,(H,11,17)(H,12,18). The summed E-state index contributed by atoms with van der Waals surface area (Å²) in [7, 11) is -3.67. The van der Waals surface area contributed by atoms with Crippen molar-refractivity contribution >= 4 is 21.8 Å². The van der Waals surface area contributed by atoms with E-state index in [1.807, 2.05) is 0 Å². The van der Waals surface area contributed by atoms with Gasteiger partial charge in [-0.3, -0.25) is 9.59 Å². The largest absolute Gasteiger partial charge is 0.352 e. The molecule has 0 radical (unpaired) electrons. The van der Waals surface area contributed by atoms with Gasteiger partial charge in [0, 0.05) is 18.7 Å². The molecule has 0 aliphatic carbocycles. The monoisotopic (exact) mass is 316 g/mol. The van der Waals surface area contributed by atoms with Crippen molar-refractivity contribution in [1.82, 2.24) is 30.2 Å². The van der Waals surface area contributed by atoms with Crippen molar-refractivity contribution in [3.8, 4) is 0 Å². The first-order chi connectivity index (χ1) is 9.71. The average molecular weight is 316 g/mol. The number of hydrogen-bond donors (Lipinski definition) is 2. The quantitative estimate of drug-likeness (QED) is 0.451. The number of rotatable bonds is 7. The Bertz CT molecular complexity index is 650. The fourth-order valence-electron chi connectivity index (χ4n) is 1.16. The lowest BCUT2D eigenvalue weighted by Gasteiger charge is -2.04. The summed E-state index contributed by atoms with van der Waals surface area (Å²) in [5, 5.41) is 15.1. The van der Waals surface area contributed by atoms with Crippen molar-refractivity contribution in [1.29, 1.82) is 0 Å². The van der Waals surface area contributed by atoms with E-state index in [-0.39, 0.29) is 18.3 Å². The summed E-state index contributed by atoms with van der Waals surface area (Å²) in [4.78, 5) is 22.8. The van der Waals surface area contributed by atoms with E-state index >= 15 is 0 Å². The van der Waals surface area contributed by atoms with E-state index in [1.54, 1.807) is 6.92 Å². The Balaban J connectivity index is 2.36. The fourth-order valence-corrected chi connectivity index (χ4v) is 1.55. The summed E-state index contributed by atoms with van der Waals surface area (Å²) in [5.41, 5.74) is 0.403. The highest BCUT2D eigenvalue weighted by molar-refractivity contribution is 7.88. The SMILES string of the molecule is C=C(C)C(=O)NCCCNC(=O)c1nnn(S(C)(=O)=O)n1. The molecule has 0 fully saturated rings. The van der Waals surface area contributed by atoms with Gasteiger partial charge in [-0.25, -0.2) is 8.42 Å². The van der Waals surface area contributed by atoms with Crippen molar-refractivity contribution in [2.24, 2.45) is 0 Å². The smallest absolute Gasteiger partial charge is 0.292 e. The lowest BCUT2D eigenvalue weighted by atomic mass is 10.3. The maximum absolute atomic E-state index is 11.6. The minimum Gasteiger partial charge on any atom is -0.352 e. The van der Waals surface area contributed by atoms with Crippen LogP contribution in [0.15, 0.2) is 12.2 Å². The topological polar surface area (TPSA) is 136 Å². The summed E-state index contributed by atoms with van der Waals surface area (Å²) in [6, 6.07) is 0. The fraction of sp³-hybridized carbons (Fsp3) is 0.500. The Kier molecular flexibility index (Phi) is 5.52. The molecule has 11 heteroatoms. The molecule has 10 nitrogen and oxygen atoms in total. The van der Waals surface area contributed by atoms with E-state index in [0.29, 0.717) is 22.7 Å². The number of hydrogen-bond acceptors (Lipinski definition) is 7. The summed E-state index contributed by atoms with van der Waals surface area (Å²) in [6.45, 7) is 5.72. The van der Waals surface area contributed by atoms with Crippen LogP contribution in [0.5, 0.6) is 0 Å². The number of nitrogens with zero attached hydrogens (tertiary/aromatic N) is 4. The second-order valence-electron chi connectivity index (χ2n) is 4.24. The molecular weight excluding hydrogens is 300 g/mol. The number of carbonyl (C=O) groups excluding carboxylic acids is 2. The van der Waals surface area contributed by atoms with Crippen LogP contribution < -0.4 is 10.6 Å². The number of aromatic nitrogens is 4. The molecule has 116 valence electrons. The van der Waals surface area contributed by atoms with Crippen LogP contribution in [0, 0.1) is 0 Å². The summed E-state index contributed by atoms with van der Waals surface area (Å²) < 4.78 is 22.6. The van der Waals surface area contributed by atoms with Gasteiger partial charge in [0.05, 0.1) is 6.26 Å². The molecular formula is C10H16N6O4S. The third kappa shape index (κ3) is 5.30. The van der Waals surface area contributed by atoms with Gasteiger partial charge in [-0.2, -0.15) is 0 Å². The number of carbonyl (C=O) groups is 2. The molecule has 0 saturated heterocycles. The second-order valence-corrected chi connectivity index (χ2v) is 6.04. The number of nitrogens with one attached hydrogen (secondary N) is 2. The average Bonchev–Trinajstić information content (AvgIpc) is 2.87. The van der Waals surface area contributed by atoms with Crippen LogP contribution in [-0.2, 0) is 14.8 Å². The van der Waals surface area contributed by atoms with E-state index < -0.39 is 15.9 Å². The van der Waals surface area contributed by atoms with Crippen LogP contribution in [0.4, 0.5) is 0 Å². The van der Waals surface area contributed by atoms with Gasteiger partial charge in [-0.15, -0.1) is 10.2 Å². The molecule has 1 heterocycles. The molecule has 2 N–H and O–H groups in total. The van der Waals surface area contributed by atoms with Gasteiger partial charge >= 0.3 is 0 Å². The minimum atomic E-state index is -3.67. The molecule has 0 atom stereocenters. The highest BCUT2D eigenvalue weighted by Crippen LogP contribution is 1.91. The normalized spacial score (nSPS) is 11.0. The molecule has 0 aromatic carbocycles. The molecule has 21 heavy (non-hydrogen) atoms. The van der Waals surface area contributed by atoms with Crippen LogP contribution in [0.3, 0.4) is 0 Å². The first-order valence-corrected chi connectivity index (χ1v) is 7.79. The Morgan fingerprint density at radius 1 is 1.29 bits per heavy atom. The van der Waals surface area contributed by atoms with Gasteiger partial charge < -0.3 is 10.6 Å². The van der Waals surface area contributed by atoms with Gasteiger partial charge in [0.25, 0.3) is 21.8 Å². The third-order valence-corrected chi connectivity index (χ3v) is 2.96.